The van der Waals surface area contributed by atoms with Crippen LogP contribution in [0.3, 0.4) is 0 Å². The molecule has 1 N–H and O–H groups in total. The fourth-order valence-electron chi connectivity index (χ4n) is 2.96. The van der Waals surface area contributed by atoms with Crippen LogP contribution in [0.5, 0.6) is 0 Å². The topological polar surface area (TPSA) is 134 Å². The largest absolute Gasteiger partial charge is 0.459 e. The number of esters is 1. The summed E-state index contributed by atoms with van der Waals surface area (Å²) in [5, 5.41) is 0. The summed E-state index contributed by atoms with van der Waals surface area (Å²) < 4.78 is 40.3. The molecule has 1 saturated heterocycles. The lowest BCUT2D eigenvalue weighted by Gasteiger charge is -2.18. The number of hydrogen-bond acceptors (Lipinski definition) is 8. The first-order chi connectivity index (χ1) is 14.2. The van der Waals surface area contributed by atoms with Gasteiger partial charge in [0.1, 0.15) is 30.6 Å². The van der Waals surface area contributed by atoms with Crippen LogP contribution < -0.4 is 11.2 Å². The maximum atomic E-state index is 12.2. The summed E-state index contributed by atoms with van der Waals surface area (Å²) in [5.41, 5.74) is -1.31. The van der Waals surface area contributed by atoms with Crippen molar-refractivity contribution >= 4 is 16.1 Å². The van der Waals surface area contributed by atoms with Crippen molar-refractivity contribution in [3.8, 4) is 12.3 Å². The molecule has 0 aliphatic carbocycles. The Balaban J connectivity index is 1.81. The van der Waals surface area contributed by atoms with Gasteiger partial charge in [0.15, 0.2) is 0 Å². The predicted molar refractivity (Wildman–Crippen MR) is 104 cm³/mol. The molecule has 1 aliphatic heterocycles. The number of H-pyrrole nitrogens is 1. The van der Waals surface area contributed by atoms with Crippen LogP contribution >= 0.6 is 0 Å². The van der Waals surface area contributed by atoms with E-state index in [4.69, 9.17) is 20.1 Å². The summed E-state index contributed by atoms with van der Waals surface area (Å²) in [7, 11) is -3.86. The van der Waals surface area contributed by atoms with Crippen LogP contribution in [0, 0.1) is 12.3 Å². The molecular weight excluding hydrogens is 416 g/mol. The summed E-state index contributed by atoms with van der Waals surface area (Å²) in [6.45, 7) is -0.315. The van der Waals surface area contributed by atoms with Gasteiger partial charge in [0.25, 0.3) is 15.7 Å². The second kappa shape index (κ2) is 8.66. The highest BCUT2D eigenvalue weighted by atomic mass is 32.2. The highest BCUT2D eigenvalue weighted by molar-refractivity contribution is 7.86. The third-order valence-electron chi connectivity index (χ3n) is 4.30. The normalized spacial score (nSPS) is 21.1. The fourth-order valence-corrected chi connectivity index (χ4v) is 3.62. The number of nitrogens with zero attached hydrogens (tertiary/aromatic N) is 1. The van der Waals surface area contributed by atoms with Crippen LogP contribution in [0.25, 0.3) is 0 Å². The van der Waals surface area contributed by atoms with Crippen molar-refractivity contribution in [2.45, 2.75) is 24.9 Å². The highest BCUT2D eigenvalue weighted by Gasteiger charge is 2.40. The molecule has 30 heavy (non-hydrogen) atoms. The SMILES string of the molecule is C#Cc1cn([C@H]2C[C@H](OS(C)(=O)=O)[C@@H](COC(=O)c3ccccc3)O2)c(=O)[nH]c1=O. The number of aromatic nitrogens is 2. The smallest absolute Gasteiger partial charge is 0.338 e. The van der Waals surface area contributed by atoms with Crippen LogP contribution in [0.15, 0.2) is 46.1 Å². The first-order valence-corrected chi connectivity index (χ1v) is 10.6. The standard InChI is InChI=1S/C19H18N2O8S/c1-3-12-10-21(19(24)20-17(12)22)16-9-14(29-30(2,25)26)15(28-16)11-27-18(23)13-7-5-4-6-8-13/h1,4-8,10,14-16H,9,11H2,2H3,(H,20,22,24)/t14-,15+,16+/m0/s1. The van der Waals surface area contributed by atoms with E-state index in [-0.39, 0.29) is 18.6 Å². The maximum absolute atomic E-state index is 12.2. The van der Waals surface area contributed by atoms with Gasteiger partial charge in [-0.2, -0.15) is 8.42 Å². The summed E-state index contributed by atoms with van der Waals surface area (Å²) in [6.07, 6.45) is 4.21. The number of ether oxygens (including phenoxy) is 2. The number of nitrogens with one attached hydrogen (secondary N) is 1. The van der Waals surface area contributed by atoms with E-state index in [2.05, 4.69) is 10.9 Å². The zero-order chi connectivity index (χ0) is 21.9. The minimum atomic E-state index is -3.86. The van der Waals surface area contributed by atoms with Gasteiger partial charge in [-0.3, -0.25) is 18.5 Å². The monoisotopic (exact) mass is 434 g/mol. The van der Waals surface area contributed by atoms with Crippen molar-refractivity contribution in [3.63, 3.8) is 0 Å². The van der Waals surface area contributed by atoms with Crippen LogP contribution in [0.2, 0.25) is 0 Å². The Bertz CT molecular complexity index is 1190. The molecule has 1 aliphatic rings. The molecule has 10 nitrogen and oxygen atoms in total. The molecule has 2 aromatic rings. The number of carbonyl (C=O) groups is 1. The van der Waals surface area contributed by atoms with Gasteiger partial charge >= 0.3 is 11.7 Å². The Morgan fingerprint density at radius 1 is 1.33 bits per heavy atom. The van der Waals surface area contributed by atoms with Crippen molar-refractivity contribution in [2.75, 3.05) is 12.9 Å². The Kier molecular flexibility index (Phi) is 6.21. The first kappa shape index (κ1) is 21.5. The van der Waals surface area contributed by atoms with Crippen molar-refractivity contribution in [1.29, 1.82) is 0 Å². The zero-order valence-corrected chi connectivity index (χ0v) is 16.6. The Morgan fingerprint density at radius 3 is 2.67 bits per heavy atom. The number of benzene rings is 1. The molecule has 0 spiro atoms. The predicted octanol–water partition coefficient (Wildman–Crippen LogP) is 0.00720. The van der Waals surface area contributed by atoms with Crippen LogP contribution in [0.1, 0.15) is 28.6 Å². The fraction of sp³-hybridized carbons (Fsp3) is 0.316. The second-order valence-electron chi connectivity index (χ2n) is 6.52. The highest BCUT2D eigenvalue weighted by Crippen LogP contribution is 2.31. The van der Waals surface area contributed by atoms with E-state index in [1.54, 1.807) is 30.3 Å². The van der Waals surface area contributed by atoms with E-state index in [1.807, 2.05) is 0 Å². The third kappa shape index (κ3) is 5.04. The third-order valence-corrected chi connectivity index (χ3v) is 4.90. The molecule has 2 heterocycles. The quantitative estimate of drug-likeness (QED) is 0.382. The number of terminal acetylenes is 1. The molecule has 3 atom stereocenters. The van der Waals surface area contributed by atoms with Gasteiger partial charge in [0, 0.05) is 12.6 Å². The summed E-state index contributed by atoms with van der Waals surface area (Å²) in [4.78, 5) is 38.0. The van der Waals surface area contributed by atoms with Gasteiger partial charge in [-0.05, 0) is 12.1 Å². The average Bonchev–Trinajstić information content (AvgIpc) is 3.07. The second-order valence-corrected chi connectivity index (χ2v) is 8.12. The van der Waals surface area contributed by atoms with E-state index in [0.29, 0.717) is 5.56 Å². The van der Waals surface area contributed by atoms with E-state index < -0.39 is 45.8 Å². The molecule has 0 amide bonds. The van der Waals surface area contributed by atoms with Crippen molar-refractivity contribution in [3.05, 3.63) is 68.5 Å². The number of rotatable bonds is 6. The summed E-state index contributed by atoms with van der Waals surface area (Å²) >= 11 is 0. The molecule has 1 fully saturated rings. The number of aromatic amines is 1. The molecule has 0 bridgehead atoms. The lowest BCUT2D eigenvalue weighted by Crippen LogP contribution is -2.34. The molecule has 1 aromatic heterocycles. The molecule has 1 aromatic carbocycles. The van der Waals surface area contributed by atoms with Crippen LogP contribution in [0.4, 0.5) is 0 Å². The van der Waals surface area contributed by atoms with Crippen LogP contribution in [-0.4, -0.2) is 49.0 Å². The van der Waals surface area contributed by atoms with E-state index in [9.17, 15) is 22.8 Å². The minimum absolute atomic E-state index is 0.0589. The van der Waals surface area contributed by atoms with Crippen molar-refractivity contribution in [2.24, 2.45) is 0 Å². The van der Waals surface area contributed by atoms with Gasteiger partial charge in [-0.25, -0.2) is 9.59 Å². The molecule has 158 valence electrons. The lowest BCUT2D eigenvalue weighted by atomic mass is 10.2. The van der Waals surface area contributed by atoms with Gasteiger partial charge in [0.05, 0.1) is 11.8 Å². The Hall–Kier alpha value is -3.20. The Labute approximate surface area is 171 Å². The number of carbonyl (C=O) groups excluding carboxylic acids is 1. The molecule has 0 radical (unpaired) electrons. The Morgan fingerprint density at radius 2 is 2.03 bits per heavy atom. The molecule has 0 saturated carbocycles. The minimum Gasteiger partial charge on any atom is -0.459 e. The van der Waals surface area contributed by atoms with Gasteiger partial charge in [-0.15, -0.1) is 6.42 Å². The van der Waals surface area contributed by atoms with Gasteiger partial charge in [0.2, 0.25) is 0 Å². The van der Waals surface area contributed by atoms with E-state index in [0.717, 1.165) is 17.0 Å². The summed E-state index contributed by atoms with van der Waals surface area (Å²) in [5.74, 6) is 1.52. The van der Waals surface area contributed by atoms with Crippen molar-refractivity contribution < 1.29 is 26.9 Å². The van der Waals surface area contributed by atoms with Crippen molar-refractivity contribution in [1.82, 2.24) is 9.55 Å². The number of hydrogen-bond donors (Lipinski definition) is 1. The molecule has 11 heteroatoms. The maximum Gasteiger partial charge on any atom is 0.338 e. The van der Waals surface area contributed by atoms with E-state index in [1.165, 1.54) is 0 Å². The molecule has 0 unspecified atom stereocenters. The van der Waals surface area contributed by atoms with Gasteiger partial charge < -0.3 is 9.47 Å². The first-order valence-electron chi connectivity index (χ1n) is 8.76. The average molecular weight is 434 g/mol. The summed E-state index contributed by atoms with van der Waals surface area (Å²) in [6, 6.07) is 8.20. The molecule has 3 rings (SSSR count). The molecular formula is C19H18N2O8S. The van der Waals surface area contributed by atoms with E-state index >= 15 is 0 Å². The lowest BCUT2D eigenvalue weighted by molar-refractivity contribution is -0.0490. The van der Waals surface area contributed by atoms with Crippen LogP contribution in [-0.2, 0) is 23.8 Å². The van der Waals surface area contributed by atoms with Gasteiger partial charge in [-0.1, -0.05) is 24.1 Å². The zero-order valence-electron chi connectivity index (χ0n) is 15.8.